The average Bonchev–Trinajstić information content (AvgIpc) is 3.33. The van der Waals surface area contributed by atoms with Crippen molar-refractivity contribution in [3.8, 4) is 0 Å². The maximum Gasteiger partial charge on any atom is 0.193 e. The molecule has 0 radical (unpaired) electrons. The molecule has 1 unspecified atom stereocenters. The third-order valence-corrected chi connectivity index (χ3v) is 5.34. The summed E-state index contributed by atoms with van der Waals surface area (Å²) in [4.78, 5) is 10.7. The van der Waals surface area contributed by atoms with Gasteiger partial charge in [0, 0.05) is 56.3 Å². The van der Waals surface area contributed by atoms with Crippen LogP contribution in [0.2, 0.25) is 0 Å². The molecular formula is C22H34N4O2. The number of aliphatic imine (C=N–C) groups is 1. The molecule has 2 heterocycles. The number of ether oxygens (including phenoxy) is 2. The summed E-state index contributed by atoms with van der Waals surface area (Å²) in [7, 11) is 1.71. The molecule has 0 bridgehead atoms. The maximum absolute atomic E-state index is 5.71. The van der Waals surface area contributed by atoms with Crippen molar-refractivity contribution in [2.45, 2.75) is 26.7 Å². The van der Waals surface area contributed by atoms with E-state index in [-0.39, 0.29) is 0 Å². The highest BCUT2D eigenvalue weighted by atomic mass is 16.5. The van der Waals surface area contributed by atoms with Gasteiger partial charge in [-0.05, 0) is 43.9 Å². The van der Waals surface area contributed by atoms with Crippen LogP contribution in [-0.2, 0) is 15.9 Å². The first-order chi connectivity index (χ1) is 13.7. The standard InChI is InChI=1S/C22H34N4O2/c1-4-23-22(26-11-9-18(15-26)16-28-13-12-27-3)24-10-8-19-14-25-20-7-5-6-17(2)21(19)20/h5-7,14,18,25H,4,8-13,15-16H2,1-3H3,(H,23,24). The number of aromatic nitrogens is 1. The van der Waals surface area contributed by atoms with Gasteiger partial charge in [-0.25, -0.2) is 0 Å². The fraction of sp³-hybridized carbons (Fsp3) is 0.591. The van der Waals surface area contributed by atoms with Gasteiger partial charge < -0.3 is 24.7 Å². The molecule has 28 heavy (non-hydrogen) atoms. The van der Waals surface area contributed by atoms with Crippen molar-refractivity contribution in [1.82, 2.24) is 15.2 Å². The summed E-state index contributed by atoms with van der Waals surface area (Å²) in [5, 5.41) is 4.80. The molecule has 3 rings (SSSR count). The molecule has 1 atom stereocenters. The normalized spacial score (nSPS) is 17.6. The Morgan fingerprint density at radius 1 is 1.36 bits per heavy atom. The summed E-state index contributed by atoms with van der Waals surface area (Å²) >= 11 is 0. The van der Waals surface area contributed by atoms with Gasteiger partial charge in [0.05, 0.1) is 19.8 Å². The highest BCUT2D eigenvalue weighted by molar-refractivity contribution is 5.86. The van der Waals surface area contributed by atoms with Crippen LogP contribution in [0.15, 0.2) is 29.4 Å². The summed E-state index contributed by atoms with van der Waals surface area (Å²) in [6.07, 6.45) is 4.22. The van der Waals surface area contributed by atoms with Crippen LogP contribution in [0.1, 0.15) is 24.5 Å². The SMILES string of the molecule is CCNC(=NCCc1c[nH]c2cccc(C)c12)N1CCC(COCCOC)C1. The van der Waals surface area contributed by atoms with Gasteiger partial charge in [-0.2, -0.15) is 0 Å². The van der Waals surface area contributed by atoms with Crippen LogP contribution in [0, 0.1) is 12.8 Å². The van der Waals surface area contributed by atoms with Crippen LogP contribution in [0.25, 0.3) is 10.9 Å². The molecule has 1 aromatic carbocycles. The number of fused-ring (bicyclic) bond motifs is 1. The van der Waals surface area contributed by atoms with Crippen molar-refractivity contribution < 1.29 is 9.47 Å². The molecule has 1 aromatic heterocycles. The molecule has 0 saturated carbocycles. The summed E-state index contributed by atoms with van der Waals surface area (Å²) in [5.74, 6) is 1.59. The zero-order valence-corrected chi connectivity index (χ0v) is 17.5. The van der Waals surface area contributed by atoms with Crippen molar-refractivity contribution in [2.75, 3.05) is 53.1 Å². The average molecular weight is 387 g/mol. The number of guanidine groups is 1. The Kier molecular flexibility index (Phi) is 7.74. The summed E-state index contributed by atoms with van der Waals surface area (Å²) in [5.41, 5.74) is 3.88. The number of aryl methyl sites for hydroxylation is 1. The van der Waals surface area contributed by atoms with Gasteiger partial charge >= 0.3 is 0 Å². The molecular weight excluding hydrogens is 352 g/mol. The molecule has 0 aliphatic carbocycles. The molecule has 1 aliphatic rings. The lowest BCUT2D eigenvalue weighted by atomic mass is 10.1. The van der Waals surface area contributed by atoms with Gasteiger partial charge in [-0.15, -0.1) is 0 Å². The Hall–Kier alpha value is -2.05. The Bertz CT molecular complexity index is 771. The van der Waals surface area contributed by atoms with E-state index in [1.807, 2.05) is 0 Å². The van der Waals surface area contributed by atoms with Crippen LogP contribution in [0.4, 0.5) is 0 Å². The highest BCUT2D eigenvalue weighted by Gasteiger charge is 2.24. The predicted octanol–water partition coefficient (Wildman–Crippen LogP) is 2.97. The van der Waals surface area contributed by atoms with Crippen LogP contribution in [-0.4, -0.2) is 69.0 Å². The number of rotatable bonds is 9. The maximum atomic E-state index is 5.71. The lowest BCUT2D eigenvalue weighted by molar-refractivity contribution is 0.0536. The molecule has 1 fully saturated rings. The molecule has 1 aliphatic heterocycles. The minimum atomic E-state index is 0.567. The van der Waals surface area contributed by atoms with E-state index in [1.54, 1.807) is 7.11 Å². The van der Waals surface area contributed by atoms with Crippen molar-refractivity contribution >= 4 is 16.9 Å². The Labute approximate surface area is 168 Å². The van der Waals surface area contributed by atoms with Crippen LogP contribution < -0.4 is 5.32 Å². The van der Waals surface area contributed by atoms with Gasteiger partial charge in [0.25, 0.3) is 0 Å². The van der Waals surface area contributed by atoms with Gasteiger partial charge in [-0.1, -0.05) is 12.1 Å². The van der Waals surface area contributed by atoms with E-state index in [1.165, 1.54) is 22.0 Å². The third-order valence-electron chi connectivity index (χ3n) is 5.34. The number of nitrogens with zero attached hydrogens (tertiary/aromatic N) is 2. The lowest BCUT2D eigenvalue weighted by Gasteiger charge is -2.21. The molecule has 2 aromatic rings. The van der Waals surface area contributed by atoms with E-state index in [9.17, 15) is 0 Å². The molecule has 154 valence electrons. The quantitative estimate of drug-likeness (QED) is 0.395. The first-order valence-electron chi connectivity index (χ1n) is 10.4. The minimum Gasteiger partial charge on any atom is -0.382 e. The zero-order chi connectivity index (χ0) is 19.8. The fourth-order valence-electron chi connectivity index (χ4n) is 3.91. The van der Waals surface area contributed by atoms with Crippen molar-refractivity contribution in [1.29, 1.82) is 0 Å². The number of likely N-dealkylation sites (tertiary alicyclic amines) is 1. The Balaban J connectivity index is 1.55. The van der Waals surface area contributed by atoms with Crippen LogP contribution in [0.5, 0.6) is 0 Å². The van der Waals surface area contributed by atoms with Gasteiger partial charge in [0.15, 0.2) is 5.96 Å². The van der Waals surface area contributed by atoms with E-state index in [4.69, 9.17) is 14.5 Å². The second-order valence-electron chi connectivity index (χ2n) is 7.47. The smallest absolute Gasteiger partial charge is 0.193 e. The first-order valence-corrected chi connectivity index (χ1v) is 10.4. The zero-order valence-electron chi connectivity index (χ0n) is 17.5. The van der Waals surface area contributed by atoms with Gasteiger partial charge in [-0.3, -0.25) is 4.99 Å². The Morgan fingerprint density at radius 2 is 2.25 bits per heavy atom. The number of methoxy groups -OCH3 is 1. The molecule has 6 heteroatoms. The third kappa shape index (κ3) is 5.26. The summed E-state index contributed by atoms with van der Waals surface area (Å²) in [6, 6.07) is 6.41. The van der Waals surface area contributed by atoms with Gasteiger partial charge in [0.1, 0.15) is 0 Å². The van der Waals surface area contributed by atoms with Crippen LogP contribution in [0.3, 0.4) is 0 Å². The molecule has 0 amide bonds. The number of benzene rings is 1. The summed E-state index contributed by atoms with van der Waals surface area (Å²) in [6.45, 7) is 10.1. The van der Waals surface area contributed by atoms with Gasteiger partial charge in [0.2, 0.25) is 0 Å². The van der Waals surface area contributed by atoms with E-state index in [2.05, 4.69) is 53.4 Å². The van der Waals surface area contributed by atoms with E-state index < -0.39 is 0 Å². The molecule has 6 nitrogen and oxygen atoms in total. The number of hydrogen-bond acceptors (Lipinski definition) is 3. The lowest BCUT2D eigenvalue weighted by Crippen LogP contribution is -2.40. The molecule has 0 spiro atoms. The number of aromatic amines is 1. The Morgan fingerprint density at radius 3 is 3.07 bits per heavy atom. The second kappa shape index (κ2) is 10.5. The highest BCUT2D eigenvalue weighted by Crippen LogP contribution is 2.22. The number of hydrogen-bond donors (Lipinski definition) is 2. The largest absolute Gasteiger partial charge is 0.382 e. The first kappa shape index (κ1) is 20.7. The van der Waals surface area contributed by atoms with E-state index in [0.717, 1.165) is 51.6 Å². The van der Waals surface area contributed by atoms with Crippen molar-refractivity contribution in [3.05, 3.63) is 35.5 Å². The van der Waals surface area contributed by atoms with E-state index >= 15 is 0 Å². The fourth-order valence-corrected chi connectivity index (χ4v) is 3.91. The number of nitrogens with one attached hydrogen (secondary N) is 2. The van der Waals surface area contributed by atoms with Crippen LogP contribution >= 0.6 is 0 Å². The number of H-pyrrole nitrogens is 1. The minimum absolute atomic E-state index is 0.567. The molecule has 1 saturated heterocycles. The summed E-state index contributed by atoms with van der Waals surface area (Å²) < 4.78 is 10.8. The van der Waals surface area contributed by atoms with Crippen molar-refractivity contribution in [3.63, 3.8) is 0 Å². The van der Waals surface area contributed by atoms with E-state index in [0.29, 0.717) is 19.1 Å². The predicted molar refractivity (Wildman–Crippen MR) is 115 cm³/mol. The molecule has 2 N–H and O–H groups in total. The topological polar surface area (TPSA) is 61.9 Å². The second-order valence-corrected chi connectivity index (χ2v) is 7.47. The van der Waals surface area contributed by atoms with Crippen molar-refractivity contribution in [2.24, 2.45) is 10.9 Å². The monoisotopic (exact) mass is 386 g/mol.